The summed E-state index contributed by atoms with van der Waals surface area (Å²) in [5.74, 6) is -1.46. The van der Waals surface area contributed by atoms with Crippen molar-refractivity contribution in [3.05, 3.63) is 17.7 Å². The van der Waals surface area contributed by atoms with E-state index >= 15 is 0 Å². The van der Waals surface area contributed by atoms with Gasteiger partial charge in [0.15, 0.2) is 0 Å². The number of benzene rings is 1. The van der Waals surface area contributed by atoms with Gasteiger partial charge in [0.1, 0.15) is 0 Å². The number of nitrogens with one attached hydrogen (secondary N) is 1. The molecule has 0 fully saturated rings. The Kier molecular flexibility index (Phi) is 2.66. The van der Waals surface area contributed by atoms with Crippen molar-refractivity contribution in [3.8, 4) is 0 Å². The molecule has 0 saturated carbocycles. The number of carbonyl (C=O) groups excluding carboxylic acids is 2. The van der Waals surface area contributed by atoms with Crippen LogP contribution in [0.2, 0.25) is 0 Å². The monoisotopic (exact) mass is 249 g/mol. The fourth-order valence-electron chi connectivity index (χ4n) is 1.71. The number of hydrogen-bond acceptors (Lipinski definition) is 3. The number of rotatable bonds is 0. The van der Waals surface area contributed by atoms with Gasteiger partial charge in [-0.2, -0.15) is 0 Å². The third-order valence-corrected chi connectivity index (χ3v) is 2.96. The van der Waals surface area contributed by atoms with Crippen molar-refractivity contribution < 1.29 is 9.59 Å². The Morgan fingerprint density at radius 3 is 2.47 bits per heavy atom. The van der Waals surface area contributed by atoms with Crippen LogP contribution in [0.1, 0.15) is 26.3 Å². The highest BCUT2D eigenvalue weighted by Crippen LogP contribution is 2.36. The molecule has 1 heterocycles. The zero-order valence-electron chi connectivity index (χ0n) is 9.87. The summed E-state index contributed by atoms with van der Waals surface area (Å²) < 4.78 is 0. The summed E-state index contributed by atoms with van der Waals surface area (Å²) >= 11 is 4.40. The van der Waals surface area contributed by atoms with Crippen LogP contribution in [-0.4, -0.2) is 11.8 Å². The van der Waals surface area contributed by atoms with Gasteiger partial charge >= 0.3 is 11.8 Å². The Bertz CT molecular complexity index is 518. The highest BCUT2D eigenvalue weighted by atomic mass is 32.1. The molecule has 2 amide bonds. The summed E-state index contributed by atoms with van der Waals surface area (Å²) in [6.45, 7) is 6.16. The van der Waals surface area contributed by atoms with Crippen molar-refractivity contribution in [3.63, 3.8) is 0 Å². The van der Waals surface area contributed by atoms with Crippen molar-refractivity contribution in [2.75, 3.05) is 5.32 Å². The Morgan fingerprint density at radius 1 is 1.24 bits per heavy atom. The summed E-state index contributed by atoms with van der Waals surface area (Å²) in [6, 6.07) is 3.53. The number of hydrogen-bond donors (Lipinski definition) is 2. The second-order valence-corrected chi connectivity index (χ2v) is 5.49. The predicted molar refractivity (Wildman–Crippen MR) is 67.8 cm³/mol. The molecule has 1 radical (unpaired) electrons. The SMILES string of the molecule is CC(C)(C)c1cc2c(cc1S)NC(=O)C(=O)[N]2. The molecule has 0 atom stereocenters. The Morgan fingerprint density at radius 2 is 1.88 bits per heavy atom. The van der Waals surface area contributed by atoms with Crippen molar-refractivity contribution in [1.29, 1.82) is 0 Å². The van der Waals surface area contributed by atoms with Crippen LogP contribution in [0.3, 0.4) is 0 Å². The van der Waals surface area contributed by atoms with Gasteiger partial charge in [-0.1, -0.05) is 20.8 Å². The molecule has 2 rings (SSSR count). The Labute approximate surface area is 105 Å². The minimum atomic E-state index is -0.760. The average Bonchev–Trinajstić information content (AvgIpc) is 2.18. The van der Waals surface area contributed by atoms with Crippen LogP contribution in [0.25, 0.3) is 0 Å². The van der Waals surface area contributed by atoms with E-state index in [0.29, 0.717) is 11.4 Å². The van der Waals surface area contributed by atoms with Gasteiger partial charge < -0.3 is 5.32 Å². The standard InChI is InChI=1S/C12H13N2O2S/c1-12(2,3)6-4-7-8(5-9(6)17)14-11(16)10(15)13-7/h4-5,17H,1-3H3,(H,14,16). The van der Waals surface area contributed by atoms with Crippen LogP contribution in [0, 0.1) is 0 Å². The van der Waals surface area contributed by atoms with E-state index in [2.05, 4.69) is 44.0 Å². The summed E-state index contributed by atoms with van der Waals surface area (Å²) in [4.78, 5) is 23.2. The second kappa shape index (κ2) is 3.77. The van der Waals surface area contributed by atoms with Crippen LogP contribution in [0.4, 0.5) is 11.4 Å². The van der Waals surface area contributed by atoms with Gasteiger partial charge in [0, 0.05) is 4.90 Å². The van der Waals surface area contributed by atoms with Gasteiger partial charge in [-0.15, -0.1) is 12.6 Å². The van der Waals surface area contributed by atoms with Crippen LogP contribution >= 0.6 is 12.6 Å². The van der Waals surface area contributed by atoms with E-state index in [4.69, 9.17) is 0 Å². The second-order valence-electron chi connectivity index (χ2n) is 5.01. The van der Waals surface area contributed by atoms with Gasteiger partial charge in [-0.25, -0.2) is 5.32 Å². The molecule has 1 aliphatic rings. The third kappa shape index (κ3) is 2.15. The molecule has 0 spiro atoms. The first kappa shape index (κ1) is 12.0. The fourth-order valence-corrected chi connectivity index (χ4v) is 2.24. The molecule has 1 N–H and O–H groups in total. The molecule has 0 aliphatic carbocycles. The summed E-state index contributed by atoms with van der Waals surface area (Å²) in [6.07, 6.45) is 0. The molecule has 0 unspecified atom stereocenters. The van der Waals surface area contributed by atoms with E-state index in [1.165, 1.54) is 0 Å². The quantitative estimate of drug-likeness (QED) is 0.545. The predicted octanol–water partition coefficient (Wildman–Crippen LogP) is 1.99. The van der Waals surface area contributed by atoms with E-state index in [1.807, 2.05) is 0 Å². The molecule has 17 heavy (non-hydrogen) atoms. The zero-order chi connectivity index (χ0) is 12.8. The number of anilines is 1. The van der Waals surface area contributed by atoms with E-state index in [9.17, 15) is 9.59 Å². The van der Waals surface area contributed by atoms with Gasteiger partial charge in [0.2, 0.25) is 0 Å². The molecular weight excluding hydrogens is 236 g/mol. The Hall–Kier alpha value is -1.49. The van der Waals surface area contributed by atoms with Crippen LogP contribution in [0.15, 0.2) is 17.0 Å². The summed E-state index contributed by atoms with van der Waals surface area (Å²) in [5, 5.41) is 6.26. The van der Waals surface area contributed by atoms with Gasteiger partial charge in [0.05, 0.1) is 11.4 Å². The zero-order valence-corrected chi connectivity index (χ0v) is 10.8. The molecule has 0 saturated heterocycles. The van der Waals surface area contributed by atoms with Crippen molar-refractivity contribution in [2.45, 2.75) is 31.1 Å². The number of thiol groups is 1. The number of amides is 2. The highest BCUT2D eigenvalue weighted by molar-refractivity contribution is 7.80. The maximum absolute atomic E-state index is 11.2. The molecule has 4 nitrogen and oxygen atoms in total. The lowest BCUT2D eigenvalue weighted by Crippen LogP contribution is -2.33. The smallest absolute Gasteiger partial charge is 0.316 e. The molecule has 0 aromatic heterocycles. The van der Waals surface area contributed by atoms with Crippen LogP contribution in [-0.2, 0) is 15.0 Å². The van der Waals surface area contributed by atoms with Gasteiger partial charge in [0.25, 0.3) is 0 Å². The molecule has 5 heteroatoms. The molecule has 1 aromatic carbocycles. The van der Waals surface area contributed by atoms with E-state index in [-0.39, 0.29) is 5.41 Å². The average molecular weight is 249 g/mol. The molecule has 89 valence electrons. The largest absolute Gasteiger partial charge is 0.335 e. The normalized spacial score (nSPS) is 15.1. The lowest BCUT2D eigenvalue weighted by Gasteiger charge is -2.24. The third-order valence-electron chi connectivity index (χ3n) is 2.59. The maximum Gasteiger partial charge on any atom is 0.335 e. The van der Waals surface area contributed by atoms with Crippen molar-refractivity contribution in [2.24, 2.45) is 0 Å². The number of fused-ring (bicyclic) bond motifs is 1. The molecule has 1 aliphatic heterocycles. The fraction of sp³-hybridized carbons (Fsp3) is 0.333. The number of nitrogens with zero attached hydrogens (tertiary/aromatic N) is 1. The van der Waals surface area contributed by atoms with Crippen LogP contribution < -0.4 is 10.6 Å². The first-order valence-electron chi connectivity index (χ1n) is 5.23. The van der Waals surface area contributed by atoms with Crippen molar-refractivity contribution in [1.82, 2.24) is 5.32 Å². The van der Waals surface area contributed by atoms with E-state index in [0.717, 1.165) is 10.5 Å². The number of carbonyl (C=O) groups is 2. The minimum absolute atomic E-state index is 0.0911. The lowest BCUT2D eigenvalue weighted by molar-refractivity contribution is -0.135. The van der Waals surface area contributed by atoms with Crippen molar-refractivity contribution >= 4 is 35.8 Å². The van der Waals surface area contributed by atoms with Gasteiger partial charge in [-0.3, -0.25) is 9.59 Å². The van der Waals surface area contributed by atoms with E-state index < -0.39 is 11.8 Å². The lowest BCUT2D eigenvalue weighted by atomic mass is 9.86. The first-order chi connectivity index (χ1) is 7.79. The van der Waals surface area contributed by atoms with Crippen LogP contribution in [0.5, 0.6) is 0 Å². The minimum Gasteiger partial charge on any atom is -0.316 e. The molecular formula is C12H13N2O2S. The van der Waals surface area contributed by atoms with Gasteiger partial charge in [-0.05, 0) is 23.1 Å². The van der Waals surface area contributed by atoms with E-state index in [1.54, 1.807) is 12.1 Å². The first-order valence-corrected chi connectivity index (χ1v) is 5.68. The highest BCUT2D eigenvalue weighted by Gasteiger charge is 2.27. The Balaban J connectivity index is 2.54. The summed E-state index contributed by atoms with van der Waals surface area (Å²) in [5.41, 5.74) is 1.93. The maximum atomic E-state index is 11.2. The summed E-state index contributed by atoms with van der Waals surface area (Å²) in [7, 11) is 0. The topological polar surface area (TPSA) is 60.3 Å². The molecule has 0 bridgehead atoms. The molecule has 1 aromatic rings.